The maximum atomic E-state index is 9.74. The van der Waals surface area contributed by atoms with Gasteiger partial charge in [-0.2, -0.15) is 0 Å². The van der Waals surface area contributed by atoms with Crippen molar-refractivity contribution >= 4 is 6.47 Å². The van der Waals surface area contributed by atoms with E-state index in [1.807, 2.05) is 6.92 Å². The maximum absolute atomic E-state index is 9.74. The maximum Gasteiger partial charge on any atom is 0.417 e. The zero-order valence-corrected chi connectivity index (χ0v) is 5.81. The third kappa shape index (κ3) is 1.23. The third-order valence-electron chi connectivity index (χ3n) is 2.25. The highest BCUT2D eigenvalue weighted by atomic mass is 16.5. The van der Waals surface area contributed by atoms with Crippen molar-refractivity contribution in [2.24, 2.45) is 5.41 Å². The summed E-state index contributed by atoms with van der Waals surface area (Å²) >= 11 is 0. The van der Waals surface area contributed by atoms with Gasteiger partial charge in [-0.05, 0) is 19.8 Å². The largest absolute Gasteiger partial charge is 0.454 e. The first-order chi connectivity index (χ1) is 4.19. The van der Waals surface area contributed by atoms with Crippen molar-refractivity contribution < 1.29 is 9.53 Å². The predicted molar refractivity (Wildman–Crippen MR) is 33.6 cm³/mol. The summed E-state index contributed by atoms with van der Waals surface area (Å²) in [4.78, 5) is 9.74. The molecule has 0 aliphatic heterocycles. The Balaban J connectivity index is 2.32. The van der Waals surface area contributed by atoms with E-state index in [1.54, 1.807) is 0 Å². The average molecular weight is 127 g/mol. The molecule has 1 rings (SSSR count). The van der Waals surface area contributed by atoms with Crippen LogP contribution in [0.3, 0.4) is 0 Å². The zero-order chi connectivity index (χ0) is 6.91. The molecule has 1 unspecified atom stereocenters. The van der Waals surface area contributed by atoms with Gasteiger partial charge in [0.05, 0.1) is 0 Å². The lowest BCUT2D eigenvalue weighted by Crippen LogP contribution is -2.18. The molecule has 1 atom stereocenters. The van der Waals surface area contributed by atoms with E-state index in [4.69, 9.17) is 0 Å². The molecule has 0 amide bonds. The van der Waals surface area contributed by atoms with Crippen molar-refractivity contribution in [1.29, 1.82) is 0 Å². The normalized spacial score (nSPS) is 24.7. The second kappa shape index (κ2) is 2.01. The van der Waals surface area contributed by atoms with Crippen LogP contribution in [0.15, 0.2) is 0 Å². The van der Waals surface area contributed by atoms with Gasteiger partial charge in [-0.25, -0.2) is 4.79 Å². The van der Waals surface area contributed by atoms with Gasteiger partial charge < -0.3 is 4.74 Å². The molecule has 0 aromatic carbocycles. The van der Waals surface area contributed by atoms with Crippen LogP contribution >= 0.6 is 0 Å². The zero-order valence-electron chi connectivity index (χ0n) is 5.81. The Morgan fingerprint density at radius 2 is 2.22 bits per heavy atom. The van der Waals surface area contributed by atoms with Gasteiger partial charge in [0.25, 0.3) is 0 Å². The Morgan fingerprint density at radius 1 is 1.67 bits per heavy atom. The monoisotopic (exact) mass is 127 g/mol. The SMILES string of the molecule is CC(O[C]=O)C1(C)CC1. The standard InChI is InChI=1S/C7H11O2/c1-6(9-5-8)7(2)3-4-7/h6H,3-4H2,1-2H3. The van der Waals surface area contributed by atoms with Gasteiger partial charge in [0.1, 0.15) is 6.10 Å². The molecular weight excluding hydrogens is 116 g/mol. The highest BCUT2D eigenvalue weighted by molar-refractivity contribution is 5.39. The lowest BCUT2D eigenvalue weighted by atomic mass is 10.0. The summed E-state index contributed by atoms with van der Waals surface area (Å²) in [5.74, 6) is 0. The lowest BCUT2D eigenvalue weighted by Gasteiger charge is -2.14. The Kier molecular flexibility index (Phi) is 1.47. The second-order valence-electron chi connectivity index (χ2n) is 3.00. The van der Waals surface area contributed by atoms with Gasteiger partial charge >= 0.3 is 6.47 Å². The number of carbonyl (C=O) groups excluding carboxylic acids is 1. The lowest BCUT2D eigenvalue weighted by molar-refractivity contribution is 0.127. The average Bonchev–Trinajstić information content (AvgIpc) is 2.50. The predicted octanol–water partition coefficient (Wildman–Crippen LogP) is 1.26. The first-order valence-electron chi connectivity index (χ1n) is 3.22. The van der Waals surface area contributed by atoms with Crippen LogP contribution in [-0.2, 0) is 9.53 Å². The molecule has 9 heavy (non-hydrogen) atoms. The Morgan fingerprint density at radius 3 is 2.56 bits per heavy atom. The van der Waals surface area contributed by atoms with Crippen LogP contribution in [0.25, 0.3) is 0 Å². The summed E-state index contributed by atoms with van der Waals surface area (Å²) < 4.78 is 4.66. The van der Waals surface area contributed by atoms with Gasteiger partial charge in [-0.3, -0.25) is 0 Å². The first kappa shape index (κ1) is 6.59. The number of hydrogen-bond acceptors (Lipinski definition) is 2. The van der Waals surface area contributed by atoms with Gasteiger partial charge in [0.15, 0.2) is 0 Å². The van der Waals surface area contributed by atoms with Crippen LogP contribution in [0.4, 0.5) is 0 Å². The molecule has 0 N–H and O–H groups in total. The van der Waals surface area contributed by atoms with Gasteiger partial charge in [-0.1, -0.05) is 6.92 Å². The topological polar surface area (TPSA) is 26.3 Å². The fourth-order valence-corrected chi connectivity index (χ4v) is 0.818. The van der Waals surface area contributed by atoms with E-state index in [0.717, 1.165) is 0 Å². The summed E-state index contributed by atoms with van der Waals surface area (Å²) in [6.07, 6.45) is 2.40. The molecule has 0 saturated heterocycles. The van der Waals surface area contributed by atoms with E-state index < -0.39 is 0 Å². The number of ether oxygens (including phenoxy) is 1. The minimum Gasteiger partial charge on any atom is -0.454 e. The van der Waals surface area contributed by atoms with Crippen molar-refractivity contribution in [3.63, 3.8) is 0 Å². The molecule has 0 spiro atoms. The fourth-order valence-electron chi connectivity index (χ4n) is 0.818. The molecule has 1 aliphatic rings. The minimum atomic E-state index is 0.0509. The highest BCUT2D eigenvalue weighted by Gasteiger charge is 2.43. The summed E-state index contributed by atoms with van der Waals surface area (Å²) in [5.41, 5.74) is 0.275. The minimum absolute atomic E-state index is 0.0509. The van der Waals surface area contributed by atoms with E-state index in [2.05, 4.69) is 11.7 Å². The van der Waals surface area contributed by atoms with Crippen molar-refractivity contribution in [3.05, 3.63) is 0 Å². The van der Waals surface area contributed by atoms with Crippen molar-refractivity contribution in [2.45, 2.75) is 32.8 Å². The molecule has 0 bridgehead atoms. The Hall–Kier alpha value is -0.530. The van der Waals surface area contributed by atoms with Crippen molar-refractivity contribution in [2.75, 3.05) is 0 Å². The van der Waals surface area contributed by atoms with Gasteiger partial charge in [0, 0.05) is 5.41 Å². The first-order valence-corrected chi connectivity index (χ1v) is 3.22. The van der Waals surface area contributed by atoms with E-state index in [0.29, 0.717) is 0 Å². The third-order valence-corrected chi connectivity index (χ3v) is 2.25. The summed E-state index contributed by atoms with van der Waals surface area (Å²) in [7, 11) is 0. The van der Waals surface area contributed by atoms with E-state index in [9.17, 15) is 4.79 Å². The fraction of sp³-hybridized carbons (Fsp3) is 0.857. The Bertz CT molecular complexity index is 116. The van der Waals surface area contributed by atoms with Crippen LogP contribution in [0, 0.1) is 5.41 Å². The quantitative estimate of drug-likeness (QED) is 0.570. The van der Waals surface area contributed by atoms with Crippen molar-refractivity contribution in [1.82, 2.24) is 0 Å². The summed E-state index contributed by atoms with van der Waals surface area (Å²) in [6.45, 7) is 5.50. The Labute approximate surface area is 55.2 Å². The van der Waals surface area contributed by atoms with Gasteiger partial charge in [0.2, 0.25) is 0 Å². The molecular formula is C7H11O2. The number of hydrogen-bond donors (Lipinski definition) is 0. The van der Waals surface area contributed by atoms with Crippen molar-refractivity contribution in [3.8, 4) is 0 Å². The molecule has 2 nitrogen and oxygen atoms in total. The van der Waals surface area contributed by atoms with E-state index >= 15 is 0 Å². The van der Waals surface area contributed by atoms with Crippen LogP contribution in [0.2, 0.25) is 0 Å². The van der Waals surface area contributed by atoms with Crippen LogP contribution in [0.5, 0.6) is 0 Å². The molecule has 1 aliphatic carbocycles. The molecule has 0 heterocycles. The second-order valence-corrected chi connectivity index (χ2v) is 3.00. The van der Waals surface area contributed by atoms with E-state index in [1.165, 1.54) is 19.3 Å². The molecule has 2 heteroatoms. The van der Waals surface area contributed by atoms with E-state index in [-0.39, 0.29) is 11.5 Å². The number of rotatable bonds is 3. The summed E-state index contributed by atoms with van der Waals surface area (Å²) in [5, 5.41) is 0. The summed E-state index contributed by atoms with van der Waals surface area (Å²) in [6, 6.07) is 0. The van der Waals surface area contributed by atoms with Crippen LogP contribution in [0.1, 0.15) is 26.7 Å². The van der Waals surface area contributed by atoms with Gasteiger partial charge in [-0.15, -0.1) is 0 Å². The molecule has 51 valence electrons. The smallest absolute Gasteiger partial charge is 0.417 e. The van der Waals surface area contributed by atoms with Crippen LogP contribution < -0.4 is 0 Å². The molecule has 0 aromatic rings. The molecule has 0 aromatic heterocycles. The highest BCUT2D eigenvalue weighted by Crippen LogP contribution is 2.48. The van der Waals surface area contributed by atoms with Crippen LogP contribution in [-0.4, -0.2) is 12.6 Å². The molecule has 1 saturated carbocycles. The molecule has 1 radical (unpaired) electrons. The molecule has 1 fully saturated rings.